The maximum absolute atomic E-state index is 11.8. The highest BCUT2D eigenvalue weighted by Gasteiger charge is 2.10. The number of methoxy groups -OCH3 is 1. The number of pyridine rings is 1. The van der Waals surface area contributed by atoms with Gasteiger partial charge in [0.15, 0.2) is 0 Å². The van der Waals surface area contributed by atoms with Gasteiger partial charge in [0.1, 0.15) is 5.75 Å². The van der Waals surface area contributed by atoms with Crippen molar-refractivity contribution in [2.45, 2.75) is 5.22 Å². The van der Waals surface area contributed by atoms with Crippen molar-refractivity contribution in [3.63, 3.8) is 0 Å². The monoisotopic (exact) mass is 369 g/mol. The van der Waals surface area contributed by atoms with Crippen molar-refractivity contribution in [2.75, 3.05) is 12.9 Å². The molecule has 0 aliphatic heterocycles. The third kappa shape index (κ3) is 4.90. The number of hydrogen-bond donors (Lipinski definition) is 1. The van der Waals surface area contributed by atoms with E-state index in [0.29, 0.717) is 11.1 Å². The van der Waals surface area contributed by atoms with E-state index in [9.17, 15) is 4.79 Å². The predicted octanol–water partition coefficient (Wildman–Crippen LogP) is 2.38. The van der Waals surface area contributed by atoms with Crippen LogP contribution in [0.2, 0.25) is 0 Å². The zero-order valence-corrected chi connectivity index (χ0v) is 14.6. The fraction of sp³-hybridized carbons (Fsp3) is 0.118. The molecule has 0 atom stereocenters. The molecule has 0 saturated carbocycles. The Labute approximate surface area is 153 Å². The largest absolute Gasteiger partial charge is 0.497 e. The highest BCUT2D eigenvalue weighted by atomic mass is 32.2. The second kappa shape index (κ2) is 8.77. The van der Waals surface area contributed by atoms with Gasteiger partial charge in [-0.1, -0.05) is 11.8 Å². The summed E-state index contributed by atoms with van der Waals surface area (Å²) >= 11 is 1.14. The Morgan fingerprint density at radius 3 is 2.73 bits per heavy atom. The summed E-state index contributed by atoms with van der Waals surface area (Å²) in [6.45, 7) is 0. The third-order valence-corrected chi connectivity index (χ3v) is 4.00. The second-order valence-corrected chi connectivity index (χ2v) is 5.89. The molecule has 0 saturated heterocycles. The van der Waals surface area contributed by atoms with Crippen LogP contribution in [0.15, 0.2) is 63.5 Å². The van der Waals surface area contributed by atoms with Gasteiger partial charge < -0.3 is 9.15 Å². The lowest BCUT2D eigenvalue weighted by Gasteiger charge is -1.99. The smallest absolute Gasteiger partial charge is 0.277 e. The van der Waals surface area contributed by atoms with Crippen molar-refractivity contribution < 1.29 is 13.9 Å². The third-order valence-electron chi connectivity index (χ3n) is 3.18. The SMILES string of the molecule is COc1ccc(C=NNC(=O)CSc2nnc(-c3ccncc3)o2)cc1. The summed E-state index contributed by atoms with van der Waals surface area (Å²) in [6, 6.07) is 10.8. The minimum Gasteiger partial charge on any atom is -0.497 e. The number of hydrogen-bond acceptors (Lipinski definition) is 8. The maximum Gasteiger partial charge on any atom is 0.277 e. The van der Waals surface area contributed by atoms with Gasteiger partial charge in [0, 0.05) is 18.0 Å². The molecule has 0 unspecified atom stereocenters. The Balaban J connectivity index is 1.46. The van der Waals surface area contributed by atoms with Crippen molar-refractivity contribution in [1.82, 2.24) is 20.6 Å². The number of hydrazone groups is 1. The topological polar surface area (TPSA) is 102 Å². The molecule has 3 rings (SSSR count). The van der Waals surface area contributed by atoms with Crippen LogP contribution < -0.4 is 10.2 Å². The van der Waals surface area contributed by atoms with E-state index in [0.717, 1.165) is 28.6 Å². The molecule has 1 N–H and O–H groups in total. The Bertz CT molecular complexity index is 881. The first kappa shape index (κ1) is 17.6. The van der Waals surface area contributed by atoms with Gasteiger partial charge in [-0.05, 0) is 42.0 Å². The van der Waals surface area contributed by atoms with Crippen molar-refractivity contribution in [3.05, 3.63) is 54.4 Å². The number of rotatable bonds is 7. The van der Waals surface area contributed by atoms with Crippen LogP contribution in [0.5, 0.6) is 5.75 Å². The number of amides is 1. The van der Waals surface area contributed by atoms with Gasteiger partial charge in [-0.15, -0.1) is 10.2 Å². The van der Waals surface area contributed by atoms with E-state index in [4.69, 9.17) is 9.15 Å². The molecule has 0 aliphatic rings. The summed E-state index contributed by atoms with van der Waals surface area (Å²) in [5.74, 6) is 0.974. The first-order chi connectivity index (χ1) is 12.7. The summed E-state index contributed by atoms with van der Waals surface area (Å²) in [6.07, 6.45) is 4.83. The molecule has 9 heteroatoms. The van der Waals surface area contributed by atoms with E-state index in [1.165, 1.54) is 0 Å². The lowest BCUT2D eigenvalue weighted by atomic mass is 10.2. The molecular weight excluding hydrogens is 354 g/mol. The lowest BCUT2D eigenvalue weighted by Crippen LogP contribution is -2.19. The van der Waals surface area contributed by atoms with Crippen LogP contribution in [0.4, 0.5) is 0 Å². The van der Waals surface area contributed by atoms with E-state index in [1.807, 2.05) is 24.3 Å². The Morgan fingerprint density at radius 2 is 2.00 bits per heavy atom. The van der Waals surface area contributed by atoms with Crippen molar-refractivity contribution in [3.8, 4) is 17.2 Å². The molecule has 2 aromatic heterocycles. The summed E-state index contributed by atoms with van der Waals surface area (Å²) in [7, 11) is 1.60. The lowest BCUT2D eigenvalue weighted by molar-refractivity contribution is -0.118. The van der Waals surface area contributed by atoms with Gasteiger partial charge in [-0.25, -0.2) is 5.43 Å². The van der Waals surface area contributed by atoms with Gasteiger partial charge in [-0.3, -0.25) is 9.78 Å². The minimum absolute atomic E-state index is 0.109. The van der Waals surface area contributed by atoms with Crippen molar-refractivity contribution >= 4 is 23.9 Å². The molecule has 1 aromatic carbocycles. The van der Waals surface area contributed by atoms with Gasteiger partial charge in [0.25, 0.3) is 11.1 Å². The molecule has 0 fully saturated rings. The number of carbonyl (C=O) groups excluding carboxylic acids is 1. The highest BCUT2D eigenvalue weighted by molar-refractivity contribution is 7.99. The molecule has 0 spiro atoms. The first-order valence-electron chi connectivity index (χ1n) is 7.57. The summed E-state index contributed by atoms with van der Waals surface area (Å²) in [5, 5.41) is 12.1. The average Bonchev–Trinajstić information content (AvgIpc) is 3.17. The van der Waals surface area contributed by atoms with Crippen LogP contribution in [0.3, 0.4) is 0 Å². The molecule has 26 heavy (non-hydrogen) atoms. The van der Waals surface area contributed by atoms with Crippen LogP contribution in [0.25, 0.3) is 11.5 Å². The number of ether oxygens (including phenoxy) is 1. The van der Waals surface area contributed by atoms with E-state index >= 15 is 0 Å². The van der Waals surface area contributed by atoms with E-state index in [-0.39, 0.29) is 11.7 Å². The normalized spacial score (nSPS) is 10.8. The number of carbonyl (C=O) groups is 1. The quantitative estimate of drug-likeness (QED) is 0.387. The number of thioether (sulfide) groups is 1. The average molecular weight is 369 g/mol. The molecule has 2 heterocycles. The summed E-state index contributed by atoms with van der Waals surface area (Å²) in [4.78, 5) is 15.7. The summed E-state index contributed by atoms with van der Waals surface area (Å²) < 4.78 is 10.6. The number of nitrogens with one attached hydrogen (secondary N) is 1. The Hall–Kier alpha value is -3.20. The minimum atomic E-state index is -0.275. The number of nitrogens with zero attached hydrogens (tertiary/aromatic N) is 4. The molecule has 0 aliphatic carbocycles. The van der Waals surface area contributed by atoms with Gasteiger partial charge >= 0.3 is 0 Å². The number of aromatic nitrogens is 3. The van der Waals surface area contributed by atoms with E-state index < -0.39 is 0 Å². The van der Waals surface area contributed by atoms with Gasteiger partial charge in [0.2, 0.25) is 5.89 Å². The molecule has 132 valence electrons. The van der Waals surface area contributed by atoms with Gasteiger partial charge in [-0.2, -0.15) is 5.10 Å². The molecule has 1 amide bonds. The molecule has 3 aromatic rings. The molecule has 0 radical (unpaired) electrons. The Morgan fingerprint density at radius 1 is 1.23 bits per heavy atom. The zero-order valence-electron chi connectivity index (χ0n) is 13.8. The fourth-order valence-electron chi connectivity index (χ4n) is 1.91. The van der Waals surface area contributed by atoms with Gasteiger partial charge in [0.05, 0.1) is 19.1 Å². The van der Waals surface area contributed by atoms with Crippen LogP contribution in [0, 0.1) is 0 Å². The van der Waals surface area contributed by atoms with E-state index in [1.54, 1.807) is 37.9 Å². The second-order valence-electron chi connectivity index (χ2n) is 4.96. The fourth-order valence-corrected chi connectivity index (χ4v) is 2.46. The van der Waals surface area contributed by atoms with Crippen LogP contribution >= 0.6 is 11.8 Å². The van der Waals surface area contributed by atoms with Crippen LogP contribution in [-0.2, 0) is 4.79 Å². The Kier molecular flexibility index (Phi) is 5.94. The molecule has 0 bridgehead atoms. The van der Waals surface area contributed by atoms with Crippen LogP contribution in [0.1, 0.15) is 5.56 Å². The van der Waals surface area contributed by atoms with Crippen molar-refractivity contribution in [2.24, 2.45) is 5.10 Å². The first-order valence-corrected chi connectivity index (χ1v) is 8.56. The zero-order chi connectivity index (χ0) is 18.2. The summed E-state index contributed by atoms with van der Waals surface area (Å²) in [5.41, 5.74) is 4.07. The highest BCUT2D eigenvalue weighted by Crippen LogP contribution is 2.22. The van der Waals surface area contributed by atoms with Crippen LogP contribution in [-0.4, -0.2) is 40.2 Å². The standard InChI is InChI=1S/C17H15N5O3S/c1-24-14-4-2-12(3-5-14)10-19-20-15(23)11-26-17-22-21-16(25-17)13-6-8-18-9-7-13/h2-10H,11H2,1H3,(H,20,23). The molecule has 8 nitrogen and oxygen atoms in total. The number of benzene rings is 1. The predicted molar refractivity (Wildman–Crippen MR) is 97.0 cm³/mol. The van der Waals surface area contributed by atoms with E-state index in [2.05, 4.69) is 25.7 Å². The maximum atomic E-state index is 11.8. The molecular formula is C17H15N5O3S. The van der Waals surface area contributed by atoms with Crippen molar-refractivity contribution in [1.29, 1.82) is 0 Å².